The van der Waals surface area contributed by atoms with Gasteiger partial charge in [0.2, 0.25) is 0 Å². The molecule has 0 aromatic heterocycles. The van der Waals surface area contributed by atoms with Crippen molar-refractivity contribution >= 4 is 0 Å². The number of ether oxygens (including phenoxy) is 1. The smallest absolute Gasteiger partial charge is 0.120 e. The second-order valence-electron chi connectivity index (χ2n) is 5.78. The Labute approximate surface area is 121 Å². The number of hydrogen-bond acceptors (Lipinski definition) is 4. The summed E-state index contributed by atoms with van der Waals surface area (Å²) in [7, 11) is 1.63. The minimum Gasteiger partial charge on any atom is -0.508 e. The van der Waals surface area contributed by atoms with Gasteiger partial charge in [0.15, 0.2) is 0 Å². The molecule has 2 N–H and O–H groups in total. The highest BCUT2D eigenvalue weighted by atomic mass is 16.5. The number of phenolic OH excluding ortho intramolecular Hbond substituents is 1. The Morgan fingerprint density at radius 3 is 2.55 bits per heavy atom. The number of methoxy groups -OCH3 is 1. The number of aliphatic hydroxyl groups is 1. The highest BCUT2D eigenvalue weighted by Crippen LogP contribution is 2.35. The molecule has 1 aromatic carbocycles. The zero-order valence-corrected chi connectivity index (χ0v) is 12.4. The van der Waals surface area contributed by atoms with E-state index in [-0.39, 0.29) is 12.0 Å². The fourth-order valence-electron chi connectivity index (χ4n) is 2.87. The van der Waals surface area contributed by atoms with Gasteiger partial charge in [-0.25, -0.2) is 0 Å². The van der Waals surface area contributed by atoms with Crippen molar-refractivity contribution in [2.24, 2.45) is 5.41 Å². The minimum atomic E-state index is 0.104. The quantitative estimate of drug-likeness (QED) is 0.869. The van der Waals surface area contributed by atoms with Gasteiger partial charge in [-0.05, 0) is 56.0 Å². The van der Waals surface area contributed by atoms with Crippen LogP contribution >= 0.6 is 0 Å². The van der Waals surface area contributed by atoms with Crippen LogP contribution in [0.1, 0.15) is 31.7 Å². The Hall–Kier alpha value is -1.26. The van der Waals surface area contributed by atoms with Gasteiger partial charge in [-0.2, -0.15) is 0 Å². The first kappa shape index (κ1) is 15.1. The number of likely N-dealkylation sites (tertiary alicyclic amines) is 1. The summed E-state index contributed by atoms with van der Waals surface area (Å²) in [4.78, 5) is 2.33. The van der Waals surface area contributed by atoms with E-state index >= 15 is 0 Å². The zero-order chi connectivity index (χ0) is 14.6. The third kappa shape index (κ3) is 3.25. The standard InChI is InChI=1S/C16H25NO3/c1-3-16(12-18)6-8-17(9-7-16)11-13-10-14(20-2)4-5-15(13)19/h4-5,10,18-19H,3,6-9,11-12H2,1-2H3. The lowest BCUT2D eigenvalue weighted by atomic mass is 9.77. The van der Waals surface area contributed by atoms with Crippen molar-refractivity contribution < 1.29 is 14.9 Å². The largest absolute Gasteiger partial charge is 0.508 e. The summed E-state index contributed by atoms with van der Waals surface area (Å²) in [5, 5.41) is 19.5. The molecule has 4 heteroatoms. The monoisotopic (exact) mass is 279 g/mol. The van der Waals surface area contributed by atoms with Gasteiger partial charge in [-0.3, -0.25) is 4.90 Å². The van der Waals surface area contributed by atoms with Crippen LogP contribution in [0, 0.1) is 5.41 Å². The summed E-state index contributed by atoms with van der Waals surface area (Å²) >= 11 is 0. The average molecular weight is 279 g/mol. The number of phenols is 1. The number of hydrogen-bond donors (Lipinski definition) is 2. The fourth-order valence-corrected chi connectivity index (χ4v) is 2.87. The first-order valence-corrected chi connectivity index (χ1v) is 7.31. The van der Waals surface area contributed by atoms with Crippen molar-refractivity contribution in [2.75, 3.05) is 26.8 Å². The molecular formula is C16H25NO3. The van der Waals surface area contributed by atoms with Gasteiger partial charge in [-0.15, -0.1) is 0 Å². The van der Waals surface area contributed by atoms with Gasteiger partial charge >= 0.3 is 0 Å². The van der Waals surface area contributed by atoms with E-state index < -0.39 is 0 Å². The molecule has 1 saturated heterocycles. The molecular weight excluding hydrogens is 254 g/mol. The van der Waals surface area contributed by atoms with Crippen molar-refractivity contribution in [1.82, 2.24) is 4.90 Å². The van der Waals surface area contributed by atoms with Gasteiger partial charge in [0.1, 0.15) is 11.5 Å². The second-order valence-corrected chi connectivity index (χ2v) is 5.78. The maximum Gasteiger partial charge on any atom is 0.120 e. The summed E-state index contributed by atoms with van der Waals surface area (Å²) in [6.07, 6.45) is 3.07. The van der Waals surface area contributed by atoms with Crippen molar-refractivity contribution in [1.29, 1.82) is 0 Å². The molecule has 2 rings (SSSR count). The minimum absolute atomic E-state index is 0.104. The SMILES string of the molecule is CCC1(CO)CCN(Cc2cc(OC)ccc2O)CC1. The van der Waals surface area contributed by atoms with Crippen molar-refractivity contribution in [3.05, 3.63) is 23.8 Å². The Morgan fingerprint density at radius 1 is 1.30 bits per heavy atom. The van der Waals surface area contributed by atoms with E-state index in [1.807, 2.05) is 6.07 Å². The number of benzene rings is 1. The van der Waals surface area contributed by atoms with Crippen LogP contribution in [-0.2, 0) is 6.54 Å². The average Bonchev–Trinajstić information content (AvgIpc) is 2.50. The van der Waals surface area contributed by atoms with Crippen molar-refractivity contribution in [3.63, 3.8) is 0 Å². The molecule has 20 heavy (non-hydrogen) atoms. The van der Waals surface area contributed by atoms with Crippen LogP contribution in [-0.4, -0.2) is 41.9 Å². The number of nitrogens with zero attached hydrogens (tertiary/aromatic N) is 1. The first-order chi connectivity index (χ1) is 9.62. The van der Waals surface area contributed by atoms with E-state index in [1.165, 1.54) is 0 Å². The van der Waals surface area contributed by atoms with Gasteiger partial charge < -0.3 is 14.9 Å². The molecule has 1 aromatic rings. The third-order valence-corrected chi connectivity index (χ3v) is 4.68. The number of aliphatic hydroxyl groups excluding tert-OH is 1. The Kier molecular flexibility index (Phi) is 4.89. The molecule has 1 heterocycles. The van der Waals surface area contributed by atoms with E-state index in [0.717, 1.165) is 50.2 Å². The predicted molar refractivity (Wildman–Crippen MR) is 79.0 cm³/mol. The Morgan fingerprint density at radius 2 is 2.00 bits per heavy atom. The number of rotatable bonds is 5. The third-order valence-electron chi connectivity index (χ3n) is 4.68. The van der Waals surface area contributed by atoms with Crippen LogP contribution in [0.3, 0.4) is 0 Å². The summed E-state index contributed by atoms with van der Waals surface area (Å²) in [5.41, 5.74) is 1.00. The number of piperidine rings is 1. The molecule has 112 valence electrons. The predicted octanol–water partition coefficient (Wildman–Crippen LogP) is 2.39. The molecule has 0 amide bonds. The summed E-state index contributed by atoms with van der Waals surface area (Å²) in [6, 6.07) is 5.34. The van der Waals surface area contributed by atoms with Crippen LogP contribution in [0.25, 0.3) is 0 Å². The van der Waals surface area contributed by atoms with Crippen LogP contribution in [0.4, 0.5) is 0 Å². The highest BCUT2D eigenvalue weighted by Gasteiger charge is 2.32. The molecule has 1 aliphatic rings. The van der Waals surface area contributed by atoms with Gasteiger partial charge in [0.25, 0.3) is 0 Å². The van der Waals surface area contributed by atoms with E-state index in [2.05, 4.69) is 11.8 Å². The topological polar surface area (TPSA) is 52.9 Å². The second kappa shape index (κ2) is 6.46. The van der Waals surface area contributed by atoms with Gasteiger partial charge in [0.05, 0.1) is 7.11 Å². The van der Waals surface area contributed by atoms with Gasteiger partial charge in [-0.1, -0.05) is 6.92 Å². The van der Waals surface area contributed by atoms with E-state index in [1.54, 1.807) is 19.2 Å². The molecule has 4 nitrogen and oxygen atoms in total. The van der Waals surface area contributed by atoms with Crippen LogP contribution in [0.5, 0.6) is 11.5 Å². The lowest BCUT2D eigenvalue weighted by Crippen LogP contribution is -2.41. The molecule has 0 radical (unpaired) electrons. The first-order valence-electron chi connectivity index (χ1n) is 7.31. The highest BCUT2D eigenvalue weighted by molar-refractivity contribution is 5.39. The summed E-state index contributed by atoms with van der Waals surface area (Å²) in [6.45, 7) is 5.09. The molecule has 0 saturated carbocycles. The fraction of sp³-hybridized carbons (Fsp3) is 0.625. The maximum absolute atomic E-state index is 9.93. The Balaban J connectivity index is 1.99. The van der Waals surface area contributed by atoms with Crippen LogP contribution in [0.2, 0.25) is 0 Å². The summed E-state index contributed by atoms with van der Waals surface area (Å²) in [5.74, 6) is 1.09. The molecule has 0 unspecified atom stereocenters. The lowest BCUT2D eigenvalue weighted by Gasteiger charge is -2.40. The van der Waals surface area contributed by atoms with E-state index in [9.17, 15) is 10.2 Å². The molecule has 0 bridgehead atoms. The van der Waals surface area contributed by atoms with Crippen LogP contribution in [0.15, 0.2) is 18.2 Å². The molecule has 1 aliphatic heterocycles. The lowest BCUT2D eigenvalue weighted by molar-refractivity contribution is 0.0380. The normalized spacial score (nSPS) is 18.9. The molecule has 0 spiro atoms. The Bertz CT molecular complexity index is 433. The van der Waals surface area contributed by atoms with Crippen LogP contribution < -0.4 is 4.74 Å². The molecule has 0 aliphatic carbocycles. The molecule has 0 atom stereocenters. The maximum atomic E-state index is 9.93. The molecule has 1 fully saturated rings. The number of aromatic hydroxyl groups is 1. The van der Waals surface area contributed by atoms with Crippen molar-refractivity contribution in [3.8, 4) is 11.5 Å². The van der Waals surface area contributed by atoms with E-state index in [4.69, 9.17) is 4.74 Å². The van der Waals surface area contributed by atoms with Gasteiger partial charge in [0, 0.05) is 18.7 Å². The van der Waals surface area contributed by atoms with E-state index in [0.29, 0.717) is 5.75 Å². The zero-order valence-electron chi connectivity index (χ0n) is 12.4. The van der Waals surface area contributed by atoms with Crippen molar-refractivity contribution in [2.45, 2.75) is 32.7 Å². The summed E-state index contributed by atoms with van der Waals surface area (Å²) < 4.78 is 5.20.